The highest BCUT2D eigenvalue weighted by molar-refractivity contribution is 5.92. The van der Waals surface area contributed by atoms with E-state index in [4.69, 9.17) is 9.47 Å². The molecule has 4 aromatic rings. The molecule has 0 unspecified atom stereocenters. The minimum atomic E-state index is -0.656. The molecule has 1 aliphatic rings. The van der Waals surface area contributed by atoms with Gasteiger partial charge in [-0.25, -0.2) is 23.4 Å². The first-order valence-electron chi connectivity index (χ1n) is 11.9. The molecule has 0 aliphatic carbocycles. The summed E-state index contributed by atoms with van der Waals surface area (Å²) in [4.78, 5) is 15.7. The van der Waals surface area contributed by atoms with Gasteiger partial charge in [0.15, 0.2) is 5.65 Å². The Morgan fingerprint density at radius 2 is 1.78 bits per heavy atom. The highest BCUT2D eigenvalue weighted by Gasteiger charge is 2.20. The number of halogens is 2. The molecular formula is C26H32F2N6O2. The monoisotopic (exact) mass is 498 g/mol. The predicted molar refractivity (Wildman–Crippen MR) is 136 cm³/mol. The Hall–Kier alpha value is -3.50. The fourth-order valence-corrected chi connectivity index (χ4v) is 3.53. The van der Waals surface area contributed by atoms with E-state index in [9.17, 15) is 8.78 Å². The van der Waals surface area contributed by atoms with Crippen LogP contribution in [0.25, 0.3) is 22.3 Å². The second-order valence-electron chi connectivity index (χ2n) is 7.82. The number of aromatic nitrogens is 5. The van der Waals surface area contributed by atoms with Crippen molar-refractivity contribution in [3.05, 3.63) is 65.6 Å². The molecule has 192 valence electrons. The van der Waals surface area contributed by atoms with Crippen molar-refractivity contribution in [3.63, 3.8) is 0 Å². The third kappa shape index (κ3) is 6.58. The summed E-state index contributed by atoms with van der Waals surface area (Å²) in [5.41, 5.74) is 2.98. The molecule has 8 nitrogen and oxygen atoms in total. The zero-order valence-corrected chi connectivity index (χ0v) is 21.3. The number of hydrogen-bond acceptors (Lipinski definition) is 7. The van der Waals surface area contributed by atoms with Crippen molar-refractivity contribution in [2.75, 3.05) is 38.3 Å². The second-order valence-corrected chi connectivity index (χ2v) is 7.82. The molecule has 5 rings (SSSR count). The molecule has 0 atom stereocenters. The van der Waals surface area contributed by atoms with Gasteiger partial charge in [0.1, 0.15) is 18.4 Å². The van der Waals surface area contributed by atoms with Gasteiger partial charge >= 0.3 is 0 Å². The first-order chi connectivity index (χ1) is 17.5. The number of rotatable bonds is 4. The van der Waals surface area contributed by atoms with Gasteiger partial charge in [-0.2, -0.15) is 10.1 Å². The quantitative estimate of drug-likeness (QED) is 0.395. The maximum absolute atomic E-state index is 14.5. The van der Waals surface area contributed by atoms with Crippen LogP contribution in [0.5, 0.6) is 0 Å². The lowest BCUT2D eigenvalue weighted by Crippen LogP contribution is -2.37. The van der Waals surface area contributed by atoms with Crippen molar-refractivity contribution in [3.8, 4) is 11.3 Å². The number of anilines is 1. The van der Waals surface area contributed by atoms with E-state index in [2.05, 4.69) is 20.1 Å². The number of hydrogen-bond donors (Lipinski definition) is 0. The van der Waals surface area contributed by atoms with Crippen LogP contribution in [0.15, 0.2) is 42.7 Å². The van der Waals surface area contributed by atoms with E-state index < -0.39 is 11.6 Å². The number of methoxy groups -OCH3 is 1. The van der Waals surface area contributed by atoms with Gasteiger partial charge in [0.2, 0.25) is 5.95 Å². The topological polar surface area (TPSA) is 78.2 Å². The Bertz CT molecular complexity index is 1260. The number of pyridine rings is 1. The van der Waals surface area contributed by atoms with E-state index in [0.717, 1.165) is 17.3 Å². The molecule has 36 heavy (non-hydrogen) atoms. The van der Waals surface area contributed by atoms with Crippen molar-refractivity contribution >= 4 is 17.0 Å². The van der Waals surface area contributed by atoms with E-state index in [1.165, 1.54) is 12.1 Å². The normalized spacial score (nSPS) is 13.0. The Morgan fingerprint density at radius 3 is 2.42 bits per heavy atom. The number of nitrogens with zero attached hydrogens (tertiary/aromatic N) is 6. The predicted octanol–water partition coefficient (Wildman–Crippen LogP) is 4.94. The number of benzene rings is 1. The fourth-order valence-electron chi connectivity index (χ4n) is 3.53. The van der Waals surface area contributed by atoms with E-state index in [1.54, 1.807) is 18.0 Å². The zero-order valence-electron chi connectivity index (χ0n) is 21.3. The van der Waals surface area contributed by atoms with E-state index >= 15 is 0 Å². The van der Waals surface area contributed by atoms with Crippen LogP contribution in [0.3, 0.4) is 0 Å². The van der Waals surface area contributed by atoms with Crippen molar-refractivity contribution in [1.29, 1.82) is 0 Å². The minimum absolute atomic E-state index is 0.235. The molecule has 1 saturated heterocycles. The van der Waals surface area contributed by atoms with Gasteiger partial charge in [0, 0.05) is 55.3 Å². The van der Waals surface area contributed by atoms with Crippen LogP contribution in [-0.2, 0) is 16.2 Å². The number of ether oxygens (including phenoxy) is 2. The summed E-state index contributed by atoms with van der Waals surface area (Å²) in [7, 11) is 1.64. The molecule has 3 aromatic heterocycles. The lowest BCUT2D eigenvalue weighted by atomic mass is 10.1. The summed E-state index contributed by atoms with van der Waals surface area (Å²) < 4.78 is 39.7. The standard InChI is InChI=1S/C19H18F2N4O.C5H8N2O.C2H6/c1-11-9-15-17(14-4-3-13(20)10-16(14)21)23-19(24-18(15)22-12(11)2)25-5-7-26-8-6-25;1-8-5-7-4-2-3-6-7;1-2/h3-4,9-10H,5-8H2,1-2H3;2-4H,5H2,1H3;1-2H3. The molecule has 0 N–H and O–H groups in total. The van der Waals surface area contributed by atoms with Crippen LogP contribution in [0, 0.1) is 25.5 Å². The van der Waals surface area contributed by atoms with Gasteiger partial charge < -0.3 is 14.4 Å². The van der Waals surface area contributed by atoms with Gasteiger partial charge in [-0.1, -0.05) is 13.8 Å². The van der Waals surface area contributed by atoms with Gasteiger partial charge in [-0.3, -0.25) is 0 Å². The molecule has 0 saturated carbocycles. The van der Waals surface area contributed by atoms with Crippen LogP contribution in [0.4, 0.5) is 14.7 Å². The molecular weight excluding hydrogens is 466 g/mol. The molecule has 0 radical (unpaired) electrons. The Balaban J connectivity index is 0.000000305. The first kappa shape index (κ1) is 27.1. The molecule has 0 spiro atoms. The van der Waals surface area contributed by atoms with E-state index in [1.807, 2.05) is 50.9 Å². The van der Waals surface area contributed by atoms with E-state index in [-0.39, 0.29) is 5.56 Å². The van der Waals surface area contributed by atoms with Crippen molar-refractivity contribution in [2.24, 2.45) is 0 Å². The van der Waals surface area contributed by atoms with Crippen molar-refractivity contribution in [2.45, 2.75) is 34.4 Å². The molecule has 10 heteroatoms. The molecule has 0 amide bonds. The maximum Gasteiger partial charge on any atom is 0.228 e. The fraction of sp³-hybridized carbons (Fsp3) is 0.385. The second kappa shape index (κ2) is 13.0. The number of morpholine rings is 1. The Morgan fingerprint density at radius 1 is 1.03 bits per heavy atom. The summed E-state index contributed by atoms with van der Waals surface area (Å²) >= 11 is 0. The first-order valence-corrected chi connectivity index (χ1v) is 11.9. The average Bonchev–Trinajstić information content (AvgIpc) is 3.40. The third-order valence-corrected chi connectivity index (χ3v) is 5.42. The molecule has 0 bridgehead atoms. The summed E-state index contributed by atoms with van der Waals surface area (Å²) in [6.45, 7) is 10.9. The third-order valence-electron chi connectivity index (χ3n) is 5.42. The highest BCUT2D eigenvalue weighted by atomic mass is 19.1. The van der Waals surface area contributed by atoms with Crippen LogP contribution in [0.1, 0.15) is 25.1 Å². The Labute approximate surface area is 209 Å². The van der Waals surface area contributed by atoms with Crippen molar-refractivity contribution < 1.29 is 18.3 Å². The average molecular weight is 499 g/mol. The summed E-state index contributed by atoms with van der Waals surface area (Å²) in [6.07, 6.45) is 3.57. The van der Waals surface area contributed by atoms with Gasteiger partial charge in [0.25, 0.3) is 0 Å². The van der Waals surface area contributed by atoms with Crippen LogP contribution in [0.2, 0.25) is 0 Å². The number of aryl methyl sites for hydroxylation is 2. The number of fused-ring (bicyclic) bond motifs is 1. The van der Waals surface area contributed by atoms with Gasteiger partial charge in [-0.05, 0) is 43.7 Å². The van der Waals surface area contributed by atoms with E-state index in [0.29, 0.717) is 55.7 Å². The van der Waals surface area contributed by atoms with Gasteiger partial charge in [-0.15, -0.1) is 0 Å². The zero-order chi connectivity index (χ0) is 26.1. The molecule has 1 aliphatic heterocycles. The SMILES string of the molecule is CC.COCn1cccn1.Cc1cc2c(-c3ccc(F)cc3F)nc(N3CCOCC3)nc2nc1C. The highest BCUT2D eigenvalue weighted by Crippen LogP contribution is 2.31. The largest absolute Gasteiger partial charge is 0.378 e. The smallest absolute Gasteiger partial charge is 0.228 e. The van der Waals surface area contributed by atoms with Crippen molar-refractivity contribution in [1.82, 2.24) is 24.7 Å². The molecule has 1 aromatic carbocycles. The minimum Gasteiger partial charge on any atom is -0.378 e. The Kier molecular flexibility index (Phi) is 9.77. The van der Waals surface area contributed by atoms with Crippen LogP contribution < -0.4 is 4.90 Å². The van der Waals surface area contributed by atoms with Gasteiger partial charge in [0.05, 0.1) is 18.9 Å². The molecule has 1 fully saturated rings. The lowest BCUT2D eigenvalue weighted by molar-refractivity contribution is 0.120. The summed E-state index contributed by atoms with van der Waals surface area (Å²) in [6, 6.07) is 7.27. The van der Waals surface area contributed by atoms with Crippen LogP contribution >= 0.6 is 0 Å². The summed E-state index contributed by atoms with van der Waals surface area (Å²) in [5.74, 6) is -0.797. The maximum atomic E-state index is 14.5. The molecule has 4 heterocycles. The lowest BCUT2D eigenvalue weighted by Gasteiger charge is -2.27. The van der Waals surface area contributed by atoms with Crippen LogP contribution in [-0.4, -0.2) is 58.1 Å². The summed E-state index contributed by atoms with van der Waals surface area (Å²) in [5, 5.41) is 4.55.